The first-order valence-electron chi connectivity index (χ1n) is 6.22. The largest absolute Gasteiger partial charge is 0.453 e. The SMILES string of the molecule is Cc1cc(Cn2nc(C(F)(F)F)nc2C(F)(F)F)ccc1[N+](=O)[O-]. The standard InChI is InChI=1S/C12H8F6N4O2/c1-6-4-7(2-3-8(6)22(23)24)5-21-10(12(16,17)18)19-9(20-21)11(13,14)15/h2-4H,5H2,1H3. The topological polar surface area (TPSA) is 73.8 Å². The molecule has 0 amide bonds. The molecule has 0 atom stereocenters. The molecule has 0 aliphatic rings. The molecule has 0 spiro atoms. The molecule has 1 aromatic carbocycles. The number of nitro benzene ring substituents is 1. The third-order valence-electron chi connectivity index (χ3n) is 2.97. The number of aryl methyl sites for hydroxylation is 1. The molecule has 12 heteroatoms. The molecule has 130 valence electrons. The highest BCUT2D eigenvalue weighted by molar-refractivity contribution is 5.41. The molecule has 6 nitrogen and oxygen atoms in total. The fraction of sp³-hybridized carbons (Fsp3) is 0.333. The lowest BCUT2D eigenvalue weighted by Crippen LogP contribution is -2.16. The van der Waals surface area contributed by atoms with Crippen molar-refractivity contribution in [3.63, 3.8) is 0 Å². The maximum Gasteiger partial charge on any atom is 0.453 e. The van der Waals surface area contributed by atoms with Gasteiger partial charge in [-0.1, -0.05) is 6.07 Å². The third-order valence-corrected chi connectivity index (χ3v) is 2.97. The Kier molecular flexibility index (Phi) is 4.25. The average Bonchev–Trinajstić information content (AvgIpc) is 2.82. The zero-order valence-electron chi connectivity index (χ0n) is 11.8. The van der Waals surface area contributed by atoms with Gasteiger partial charge in [0.1, 0.15) is 0 Å². The van der Waals surface area contributed by atoms with E-state index in [1.165, 1.54) is 13.0 Å². The number of hydrogen-bond donors (Lipinski definition) is 0. The smallest absolute Gasteiger partial charge is 0.258 e. The second kappa shape index (κ2) is 5.76. The number of nitrogens with zero attached hydrogens (tertiary/aromatic N) is 4. The van der Waals surface area contributed by atoms with Crippen molar-refractivity contribution in [3.05, 3.63) is 51.1 Å². The predicted octanol–water partition coefficient (Wildman–Crippen LogP) is 3.58. The minimum atomic E-state index is -5.13. The predicted molar refractivity (Wildman–Crippen MR) is 67.0 cm³/mol. The lowest BCUT2D eigenvalue weighted by atomic mass is 10.1. The lowest BCUT2D eigenvalue weighted by molar-refractivity contribution is -0.385. The van der Waals surface area contributed by atoms with Gasteiger partial charge in [-0.15, -0.1) is 5.10 Å². The van der Waals surface area contributed by atoms with Crippen molar-refractivity contribution in [1.29, 1.82) is 0 Å². The van der Waals surface area contributed by atoms with Crippen molar-refractivity contribution in [1.82, 2.24) is 14.8 Å². The maximum absolute atomic E-state index is 12.8. The van der Waals surface area contributed by atoms with Gasteiger partial charge in [-0.3, -0.25) is 10.1 Å². The van der Waals surface area contributed by atoms with E-state index in [2.05, 4.69) is 10.1 Å². The highest BCUT2D eigenvalue weighted by atomic mass is 19.4. The van der Waals surface area contributed by atoms with E-state index < -0.39 is 35.5 Å². The van der Waals surface area contributed by atoms with E-state index in [1.807, 2.05) is 0 Å². The summed E-state index contributed by atoms with van der Waals surface area (Å²) in [6, 6.07) is 3.40. The number of aromatic nitrogens is 3. The molecule has 2 aromatic rings. The molecule has 0 radical (unpaired) electrons. The van der Waals surface area contributed by atoms with Crippen LogP contribution in [-0.4, -0.2) is 19.7 Å². The van der Waals surface area contributed by atoms with E-state index in [-0.39, 0.29) is 21.5 Å². The number of benzene rings is 1. The Labute approximate surface area is 129 Å². The monoisotopic (exact) mass is 354 g/mol. The molecular formula is C12H8F6N4O2. The number of alkyl halides is 6. The Morgan fingerprint density at radius 3 is 2.25 bits per heavy atom. The number of hydrogen-bond acceptors (Lipinski definition) is 4. The number of rotatable bonds is 3. The fourth-order valence-corrected chi connectivity index (χ4v) is 1.98. The molecular weight excluding hydrogens is 346 g/mol. The maximum atomic E-state index is 12.8. The first-order valence-corrected chi connectivity index (χ1v) is 6.22. The van der Waals surface area contributed by atoms with Crippen LogP contribution in [0.1, 0.15) is 22.8 Å². The van der Waals surface area contributed by atoms with Crippen LogP contribution in [0.4, 0.5) is 32.0 Å². The molecule has 24 heavy (non-hydrogen) atoms. The van der Waals surface area contributed by atoms with Gasteiger partial charge in [0.05, 0.1) is 11.5 Å². The normalized spacial score (nSPS) is 12.5. The van der Waals surface area contributed by atoms with Gasteiger partial charge in [0.25, 0.3) is 11.5 Å². The average molecular weight is 354 g/mol. The number of nitro groups is 1. The second-order valence-corrected chi connectivity index (χ2v) is 4.79. The van der Waals surface area contributed by atoms with Crippen molar-refractivity contribution < 1.29 is 31.3 Å². The third kappa shape index (κ3) is 3.63. The highest BCUT2D eigenvalue weighted by Crippen LogP contribution is 2.33. The molecule has 0 N–H and O–H groups in total. The summed E-state index contributed by atoms with van der Waals surface area (Å²) in [4.78, 5) is 12.5. The minimum absolute atomic E-state index is 0.0728. The van der Waals surface area contributed by atoms with Crippen LogP contribution < -0.4 is 0 Å². The lowest BCUT2D eigenvalue weighted by Gasteiger charge is -2.09. The van der Waals surface area contributed by atoms with Crippen LogP contribution in [0.5, 0.6) is 0 Å². The van der Waals surface area contributed by atoms with Crippen molar-refractivity contribution in [2.75, 3.05) is 0 Å². The summed E-state index contributed by atoms with van der Waals surface area (Å²) < 4.78 is 76.1. The summed E-state index contributed by atoms with van der Waals surface area (Å²) in [5, 5.41) is 13.6. The van der Waals surface area contributed by atoms with Gasteiger partial charge in [0.15, 0.2) is 0 Å². The molecule has 1 aromatic heterocycles. The molecule has 0 saturated heterocycles. The van der Waals surface area contributed by atoms with Crippen molar-refractivity contribution in [3.8, 4) is 0 Å². The van der Waals surface area contributed by atoms with Gasteiger partial charge in [0, 0.05) is 11.6 Å². The summed E-state index contributed by atoms with van der Waals surface area (Å²) in [6.45, 7) is 0.686. The van der Waals surface area contributed by atoms with Crippen molar-refractivity contribution >= 4 is 5.69 Å². The summed E-state index contributed by atoms with van der Waals surface area (Å²) in [6.07, 6.45) is -10.3. The summed E-state index contributed by atoms with van der Waals surface area (Å²) >= 11 is 0. The second-order valence-electron chi connectivity index (χ2n) is 4.79. The van der Waals surface area contributed by atoms with Crippen molar-refractivity contribution in [2.24, 2.45) is 0 Å². The van der Waals surface area contributed by atoms with Gasteiger partial charge >= 0.3 is 12.4 Å². The fourth-order valence-electron chi connectivity index (χ4n) is 1.98. The number of halogens is 6. The molecule has 0 unspecified atom stereocenters. The minimum Gasteiger partial charge on any atom is -0.258 e. The van der Waals surface area contributed by atoms with E-state index in [1.54, 1.807) is 0 Å². The van der Waals surface area contributed by atoms with Crippen LogP contribution in [0.25, 0.3) is 0 Å². The molecule has 0 bridgehead atoms. The van der Waals surface area contributed by atoms with Gasteiger partial charge in [0.2, 0.25) is 5.82 Å². The van der Waals surface area contributed by atoms with E-state index in [0.29, 0.717) is 0 Å². The molecule has 0 saturated carbocycles. The van der Waals surface area contributed by atoms with Crippen molar-refractivity contribution in [2.45, 2.75) is 25.8 Å². The Bertz CT molecular complexity index is 781. The zero-order valence-corrected chi connectivity index (χ0v) is 11.8. The first-order chi connectivity index (χ1) is 10.9. The van der Waals surface area contributed by atoms with Gasteiger partial charge < -0.3 is 0 Å². The van der Waals surface area contributed by atoms with E-state index in [9.17, 15) is 36.5 Å². The Morgan fingerprint density at radius 2 is 1.79 bits per heavy atom. The van der Waals surface area contributed by atoms with Gasteiger partial charge in [-0.25, -0.2) is 4.68 Å². The van der Waals surface area contributed by atoms with E-state index in [4.69, 9.17) is 0 Å². The molecule has 2 rings (SSSR count). The summed E-state index contributed by atoms with van der Waals surface area (Å²) in [7, 11) is 0. The van der Waals surface area contributed by atoms with Crippen LogP contribution in [-0.2, 0) is 18.9 Å². The molecule has 0 fully saturated rings. The molecule has 0 aliphatic carbocycles. The quantitative estimate of drug-likeness (QED) is 0.480. The van der Waals surface area contributed by atoms with E-state index >= 15 is 0 Å². The first kappa shape index (κ1) is 17.7. The summed E-state index contributed by atoms with van der Waals surface area (Å²) in [5.41, 5.74) is 0.00816. The van der Waals surface area contributed by atoms with Gasteiger partial charge in [-0.05, 0) is 18.6 Å². The Morgan fingerprint density at radius 1 is 1.17 bits per heavy atom. The van der Waals surface area contributed by atoms with Crippen LogP contribution >= 0.6 is 0 Å². The summed E-state index contributed by atoms with van der Waals surface area (Å²) in [5.74, 6) is -3.71. The van der Waals surface area contributed by atoms with Crippen LogP contribution in [0.2, 0.25) is 0 Å². The molecule has 0 aliphatic heterocycles. The van der Waals surface area contributed by atoms with E-state index in [0.717, 1.165) is 12.1 Å². The molecule has 1 heterocycles. The zero-order chi connectivity index (χ0) is 18.3. The van der Waals surface area contributed by atoms with Crippen LogP contribution in [0.15, 0.2) is 18.2 Å². The highest BCUT2D eigenvalue weighted by Gasteiger charge is 2.43. The van der Waals surface area contributed by atoms with Crippen LogP contribution in [0, 0.1) is 17.0 Å². The Hall–Kier alpha value is -2.66. The van der Waals surface area contributed by atoms with Crippen LogP contribution in [0.3, 0.4) is 0 Å². The van der Waals surface area contributed by atoms with Gasteiger partial charge in [-0.2, -0.15) is 31.3 Å². The Balaban J connectivity index is 2.44.